The molecule has 1 N–H and O–H groups in total. The van der Waals surface area contributed by atoms with Gasteiger partial charge < -0.3 is 9.84 Å². The van der Waals surface area contributed by atoms with Crippen molar-refractivity contribution in [2.24, 2.45) is 5.92 Å². The lowest BCUT2D eigenvalue weighted by Gasteiger charge is -2.25. The molecule has 0 saturated carbocycles. The van der Waals surface area contributed by atoms with Gasteiger partial charge in [0.25, 0.3) is 0 Å². The second kappa shape index (κ2) is 5.87. The van der Waals surface area contributed by atoms with Gasteiger partial charge in [0.1, 0.15) is 5.60 Å². The number of benzene rings is 1. The quantitative estimate of drug-likeness (QED) is 0.671. The largest absolute Gasteiger partial charge is 0.481 e. The minimum atomic E-state index is -1.19. The lowest BCUT2D eigenvalue weighted by atomic mass is 9.87. The molecule has 0 spiro atoms. The Balaban J connectivity index is 2.96. The van der Waals surface area contributed by atoms with E-state index in [2.05, 4.69) is 0 Å². The Bertz CT molecular complexity index is 445. The van der Waals surface area contributed by atoms with E-state index in [0.717, 1.165) is 5.56 Å². The molecule has 0 bridgehead atoms. The van der Waals surface area contributed by atoms with Gasteiger partial charge in [0.2, 0.25) is 0 Å². The van der Waals surface area contributed by atoms with Crippen LogP contribution in [0.25, 0.3) is 0 Å². The molecule has 19 heavy (non-hydrogen) atoms. The zero-order valence-corrected chi connectivity index (χ0v) is 11.7. The number of ether oxygens (including phenoxy) is 1. The molecule has 0 radical (unpaired) electrons. The third-order valence-corrected chi connectivity index (χ3v) is 2.75. The van der Waals surface area contributed by atoms with Crippen molar-refractivity contribution >= 4 is 11.9 Å². The summed E-state index contributed by atoms with van der Waals surface area (Å²) < 4.78 is 5.18. The fourth-order valence-corrected chi connectivity index (χ4v) is 1.83. The number of rotatable bonds is 4. The van der Waals surface area contributed by atoms with E-state index in [1.54, 1.807) is 27.7 Å². The molecule has 104 valence electrons. The minimum Gasteiger partial charge on any atom is -0.481 e. The van der Waals surface area contributed by atoms with E-state index in [0.29, 0.717) is 0 Å². The molecule has 4 nitrogen and oxygen atoms in total. The molecule has 4 heteroatoms. The molecule has 0 heterocycles. The number of carboxylic acids is 1. The number of esters is 1. The molecule has 1 aromatic carbocycles. The van der Waals surface area contributed by atoms with Crippen molar-refractivity contribution in [3.8, 4) is 0 Å². The first kappa shape index (κ1) is 15.2. The number of hydrogen-bond acceptors (Lipinski definition) is 3. The summed E-state index contributed by atoms with van der Waals surface area (Å²) >= 11 is 0. The Labute approximate surface area is 113 Å². The summed E-state index contributed by atoms with van der Waals surface area (Å²) in [6.45, 7) is 6.88. The predicted octanol–water partition coefficient (Wildman–Crippen LogP) is 2.83. The summed E-state index contributed by atoms with van der Waals surface area (Å²) in [7, 11) is 0. The molecule has 0 fully saturated rings. The maximum atomic E-state index is 12.0. The number of hydrogen-bond donors (Lipinski definition) is 1. The predicted molar refractivity (Wildman–Crippen MR) is 71.8 cm³/mol. The third kappa shape index (κ3) is 4.39. The summed E-state index contributed by atoms with van der Waals surface area (Å²) in [5, 5.41) is 9.27. The smallest absolute Gasteiger partial charge is 0.321 e. The van der Waals surface area contributed by atoms with Gasteiger partial charge in [-0.1, -0.05) is 37.3 Å². The standard InChI is InChI=1S/C15H20O4/c1-10(11-8-6-5-7-9-11)12(13(16)17)14(18)19-15(2,3)4/h5-10,12H,1-4H3,(H,16,17). The second-order valence-corrected chi connectivity index (χ2v) is 5.55. The minimum absolute atomic E-state index is 0.437. The Morgan fingerprint density at radius 1 is 1.16 bits per heavy atom. The van der Waals surface area contributed by atoms with Gasteiger partial charge in [-0.2, -0.15) is 0 Å². The molecule has 1 aromatic rings. The van der Waals surface area contributed by atoms with Gasteiger partial charge in [-0.05, 0) is 26.3 Å². The maximum absolute atomic E-state index is 12.0. The summed E-state index contributed by atoms with van der Waals surface area (Å²) in [5.41, 5.74) is 0.113. The second-order valence-electron chi connectivity index (χ2n) is 5.55. The van der Waals surface area contributed by atoms with Gasteiger partial charge in [-0.25, -0.2) is 0 Å². The monoisotopic (exact) mass is 264 g/mol. The highest BCUT2D eigenvalue weighted by molar-refractivity contribution is 5.95. The van der Waals surface area contributed by atoms with Gasteiger partial charge in [0.05, 0.1) is 0 Å². The highest BCUT2D eigenvalue weighted by atomic mass is 16.6. The van der Waals surface area contributed by atoms with Gasteiger partial charge in [0.15, 0.2) is 5.92 Å². The molecule has 0 saturated heterocycles. The lowest BCUT2D eigenvalue weighted by Crippen LogP contribution is -2.35. The maximum Gasteiger partial charge on any atom is 0.321 e. The topological polar surface area (TPSA) is 63.6 Å². The van der Waals surface area contributed by atoms with Crippen molar-refractivity contribution in [3.05, 3.63) is 35.9 Å². The van der Waals surface area contributed by atoms with E-state index in [9.17, 15) is 14.7 Å². The number of carbonyl (C=O) groups excluding carboxylic acids is 1. The van der Waals surface area contributed by atoms with Crippen LogP contribution < -0.4 is 0 Å². The van der Waals surface area contributed by atoms with Crippen molar-refractivity contribution in [1.29, 1.82) is 0 Å². The van der Waals surface area contributed by atoms with Crippen LogP contribution in [-0.4, -0.2) is 22.6 Å². The van der Waals surface area contributed by atoms with Crippen LogP contribution >= 0.6 is 0 Å². The van der Waals surface area contributed by atoms with E-state index >= 15 is 0 Å². The summed E-state index contributed by atoms with van der Waals surface area (Å²) in [6, 6.07) is 9.11. The summed E-state index contributed by atoms with van der Waals surface area (Å²) in [6.07, 6.45) is 0. The molecule has 2 atom stereocenters. The Hall–Kier alpha value is -1.84. The van der Waals surface area contributed by atoms with E-state index in [1.807, 2.05) is 30.3 Å². The van der Waals surface area contributed by atoms with E-state index in [1.165, 1.54) is 0 Å². The van der Waals surface area contributed by atoms with Crippen LogP contribution in [0.2, 0.25) is 0 Å². The zero-order valence-electron chi connectivity index (χ0n) is 11.7. The highest BCUT2D eigenvalue weighted by Crippen LogP contribution is 2.27. The van der Waals surface area contributed by atoms with Gasteiger partial charge >= 0.3 is 11.9 Å². The van der Waals surface area contributed by atoms with Crippen molar-refractivity contribution in [3.63, 3.8) is 0 Å². The number of carbonyl (C=O) groups is 2. The molecule has 0 amide bonds. The number of carboxylic acid groups (broad SMARTS) is 1. The average molecular weight is 264 g/mol. The summed E-state index contributed by atoms with van der Waals surface area (Å²) in [5.74, 6) is -3.49. The average Bonchev–Trinajstić information content (AvgIpc) is 2.27. The van der Waals surface area contributed by atoms with Gasteiger partial charge in [0, 0.05) is 5.92 Å². The third-order valence-electron chi connectivity index (χ3n) is 2.75. The zero-order chi connectivity index (χ0) is 14.6. The van der Waals surface area contributed by atoms with Crippen molar-refractivity contribution < 1.29 is 19.4 Å². The molecule has 1 rings (SSSR count). The molecule has 0 aliphatic heterocycles. The SMILES string of the molecule is CC(c1ccccc1)C(C(=O)O)C(=O)OC(C)(C)C. The Morgan fingerprint density at radius 3 is 2.11 bits per heavy atom. The Kier molecular flexibility index (Phi) is 4.70. The Morgan fingerprint density at radius 2 is 1.68 bits per heavy atom. The first-order valence-electron chi connectivity index (χ1n) is 6.23. The van der Waals surface area contributed by atoms with Crippen molar-refractivity contribution in [1.82, 2.24) is 0 Å². The highest BCUT2D eigenvalue weighted by Gasteiger charge is 2.36. The number of aliphatic carboxylic acids is 1. The molecular weight excluding hydrogens is 244 g/mol. The lowest BCUT2D eigenvalue weighted by molar-refractivity contribution is -0.167. The van der Waals surface area contributed by atoms with Crippen molar-refractivity contribution in [2.75, 3.05) is 0 Å². The first-order valence-corrected chi connectivity index (χ1v) is 6.23. The molecule has 0 aliphatic rings. The van der Waals surface area contributed by atoms with Crippen LogP contribution in [0, 0.1) is 5.92 Å². The summed E-state index contributed by atoms with van der Waals surface area (Å²) in [4.78, 5) is 23.4. The van der Waals surface area contributed by atoms with Crippen LogP contribution in [0.15, 0.2) is 30.3 Å². The van der Waals surface area contributed by atoms with E-state index in [4.69, 9.17) is 4.74 Å². The van der Waals surface area contributed by atoms with Gasteiger partial charge in [-0.3, -0.25) is 9.59 Å². The van der Waals surface area contributed by atoms with Crippen LogP contribution in [0.4, 0.5) is 0 Å². The normalized spacial score (nSPS) is 14.5. The fraction of sp³-hybridized carbons (Fsp3) is 0.467. The van der Waals surface area contributed by atoms with Gasteiger partial charge in [-0.15, -0.1) is 0 Å². The fourth-order valence-electron chi connectivity index (χ4n) is 1.83. The van der Waals surface area contributed by atoms with Crippen LogP contribution in [0.3, 0.4) is 0 Å². The van der Waals surface area contributed by atoms with Crippen LogP contribution in [0.1, 0.15) is 39.2 Å². The van der Waals surface area contributed by atoms with E-state index in [-0.39, 0.29) is 0 Å². The molecule has 0 aromatic heterocycles. The molecule has 0 aliphatic carbocycles. The van der Waals surface area contributed by atoms with E-state index < -0.39 is 29.4 Å². The molecule has 2 unspecified atom stereocenters. The van der Waals surface area contributed by atoms with Crippen LogP contribution in [0.5, 0.6) is 0 Å². The van der Waals surface area contributed by atoms with Crippen LogP contribution in [-0.2, 0) is 14.3 Å². The molecular formula is C15H20O4. The van der Waals surface area contributed by atoms with Crippen molar-refractivity contribution in [2.45, 2.75) is 39.2 Å². The first-order chi connectivity index (χ1) is 8.72.